The Morgan fingerprint density at radius 1 is 0.931 bits per heavy atom. The van der Waals surface area contributed by atoms with Gasteiger partial charge < -0.3 is 4.74 Å². The molecule has 2 aliphatic rings. The zero-order chi connectivity index (χ0) is 20.1. The number of hydrogen-bond donors (Lipinski definition) is 0. The van der Waals surface area contributed by atoms with E-state index in [9.17, 15) is 8.78 Å². The summed E-state index contributed by atoms with van der Waals surface area (Å²) in [7, 11) is 0. The average Bonchev–Trinajstić information content (AvgIpc) is 3.14. The van der Waals surface area contributed by atoms with Gasteiger partial charge in [-0.1, -0.05) is 47.5 Å². The smallest absolute Gasteiger partial charge is 0.213 e. The zero-order valence-corrected chi connectivity index (χ0v) is 16.5. The second-order valence-corrected chi connectivity index (χ2v) is 7.82. The molecule has 0 unspecified atom stereocenters. The molecule has 0 saturated carbocycles. The normalized spacial score (nSPS) is 20.0. The highest BCUT2D eigenvalue weighted by molar-refractivity contribution is 6.35. The molecule has 0 N–H and O–H groups in total. The van der Waals surface area contributed by atoms with Gasteiger partial charge in [0.1, 0.15) is 17.4 Å². The monoisotopic (exact) mass is 430 g/mol. The molecule has 3 aromatic carbocycles. The molecule has 0 spiro atoms. The maximum Gasteiger partial charge on any atom is 0.213 e. The summed E-state index contributed by atoms with van der Waals surface area (Å²) < 4.78 is 33.0. The van der Waals surface area contributed by atoms with Crippen LogP contribution >= 0.6 is 23.2 Å². The molecular formula is C22H14Cl2F2N2O. The standard InChI is InChI=1S/C22H14Cl2F2N2O/c23-14-9-17-20-11-19(12-1-5-15(25)6-2-12)27-28(20)22(29-21(17)18(24)10-14)13-3-7-16(26)8-4-13/h1-10,20,22H,11H2/t20-,22+/m0/s1. The molecule has 2 heterocycles. The van der Waals surface area contributed by atoms with Crippen LogP contribution in [0, 0.1) is 11.6 Å². The number of halogens is 4. The van der Waals surface area contributed by atoms with E-state index in [-0.39, 0.29) is 17.7 Å². The highest BCUT2D eigenvalue weighted by Gasteiger charge is 2.42. The van der Waals surface area contributed by atoms with Crippen LogP contribution in [0.1, 0.15) is 35.4 Å². The first kappa shape index (κ1) is 18.4. The molecule has 0 fully saturated rings. The molecule has 2 atom stereocenters. The Bertz CT molecular complexity index is 1120. The Morgan fingerprint density at radius 3 is 2.28 bits per heavy atom. The van der Waals surface area contributed by atoms with Crippen LogP contribution < -0.4 is 4.74 Å². The summed E-state index contributed by atoms with van der Waals surface area (Å²) in [6.45, 7) is 0. The summed E-state index contributed by atoms with van der Waals surface area (Å²) in [6, 6.07) is 15.6. The van der Waals surface area contributed by atoms with E-state index in [2.05, 4.69) is 0 Å². The SMILES string of the molecule is Fc1ccc(C2=NN3[C@@H](c4ccc(F)cc4)Oc4c(Cl)cc(Cl)cc4[C@@H]3C2)cc1. The van der Waals surface area contributed by atoms with Gasteiger partial charge in [0.25, 0.3) is 0 Å². The van der Waals surface area contributed by atoms with Crippen molar-refractivity contribution in [2.45, 2.75) is 18.7 Å². The molecule has 3 nitrogen and oxygen atoms in total. The second-order valence-electron chi connectivity index (χ2n) is 6.98. The number of fused-ring (bicyclic) bond motifs is 3. The number of benzene rings is 3. The lowest BCUT2D eigenvalue weighted by Crippen LogP contribution is -2.33. The Labute approximate surface area is 176 Å². The van der Waals surface area contributed by atoms with Crippen molar-refractivity contribution in [3.63, 3.8) is 0 Å². The van der Waals surface area contributed by atoms with Crippen molar-refractivity contribution in [3.05, 3.63) is 99.0 Å². The van der Waals surface area contributed by atoms with Crippen LogP contribution in [0.2, 0.25) is 10.0 Å². The maximum absolute atomic E-state index is 13.4. The molecule has 0 saturated heterocycles. The van der Waals surface area contributed by atoms with Crippen LogP contribution in [0.5, 0.6) is 5.75 Å². The molecule has 2 aliphatic heterocycles. The molecule has 0 amide bonds. The Morgan fingerprint density at radius 2 is 1.59 bits per heavy atom. The highest BCUT2D eigenvalue weighted by atomic mass is 35.5. The third kappa shape index (κ3) is 3.24. The van der Waals surface area contributed by atoms with Gasteiger partial charge in [-0.2, -0.15) is 5.10 Å². The number of hydrazone groups is 1. The topological polar surface area (TPSA) is 24.8 Å². The molecule has 0 aliphatic carbocycles. The van der Waals surface area contributed by atoms with Crippen LogP contribution in [0.3, 0.4) is 0 Å². The Balaban J connectivity index is 1.62. The van der Waals surface area contributed by atoms with Crippen LogP contribution in [-0.4, -0.2) is 10.7 Å². The van der Waals surface area contributed by atoms with E-state index in [0.29, 0.717) is 22.2 Å². The minimum absolute atomic E-state index is 0.162. The first-order valence-electron chi connectivity index (χ1n) is 9.02. The number of hydrogen-bond acceptors (Lipinski definition) is 3. The zero-order valence-electron chi connectivity index (χ0n) is 14.9. The van der Waals surface area contributed by atoms with Gasteiger partial charge in [-0.05, 0) is 42.0 Å². The van der Waals surface area contributed by atoms with Crippen LogP contribution in [-0.2, 0) is 0 Å². The summed E-state index contributed by atoms with van der Waals surface area (Å²) in [5.74, 6) is -0.0908. The number of nitrogens with zero attached hydrogens (tertiary/aromatic N) is 2. The quantitative estimate of drug-likeness (QED) is 0.462. The maximum atomic E-state index is 13.4. The van der Waals surface area contributed by atoms with Crippen LogP contribution in [0.4, 0.5) is 8.78 Å². The van der Waals surface area contributed by atoms with Gasteiger partial charge in [0.15, 0.2) is 0 Å². The molecule has 0 radical (unpaired) electrons. The molecular weight excluding hydrogens is 417 g/mol. The summed E-state index contributed by atoms with van der Waals surface area (Å²) >= 11 is 12.7. The number of rotatable bonds is 2. The van der Waals surface area contributed by atoms with Crippen molar-refractivity contribution in [1.82, 2.24) is 5.01 Å². The molecule has 7 heteroatoms. The fraction of sp³-hybridized carbons (Fsp3) is 0.136. The summed E-state index contributed by atoms with van der Waals surface area (Å²) in [4.78, 5) is 0. The average molecular weight is 431 g/mol. The van der Waals surface area contributed by atoms with Crippen LogP contribution in [0.25, 0.3) is 0 Å². The fourth-order valence-electron chi connectivity index (χ4n) is 3.78. The lowest BCUT2D eigenvalue weighted by molar-refractivity contribution is -0.0189. The van der Waals surface area contributed by atoms with Crippen LogP contribution in [0.15, 0.2) is 65.8 Å². The van der Waals surface area contributed by atoms with Gasteiger partial charge in [0.05, 0.1) is 16.8 Å². The first-order chi connectivity index (χ1) is 14.0. The molecule has 29 heavy (non-hydrogen) atoms. The van der Waals surface area contributed by atoms with E-state index in [1.165, 1.54) is 24.3 Å². The predicted molar refractivity (Wildman–Crippen MR) is 108 cm³/mol. The van der Waals surface area contributed by atoms with E-state index in [1.54, 1.807) is 30.3 Å². The van der Waals surface area contributed by atoms with E-state index < -0.39 is 6.23 Å². The minimum Gasteiger partial charge on any atom is -0.463 e. The van der Waals surface area contributed by atoms with E-state index in [1.807, 2.05) is 11.1 Å². The lowest BCUT2D eigenvalue weighted by Gasteiger charge is -2.38. The fourth-order valence-corrected chi connectivity index (χ4v) is 4.33. The second kappa shape index (κ2) is 7.01. The van der Waals surface area contributed by atoms with E-state index in [0.717, 1.165) is 22.4 Å². The Hall–Kier alpha value is -2.63. The van der Waals surface area contributed by atoms with Crippen molar-refractivity contribution in [3.8, 4) is 5.75 Å². The van der Waals surface area contributed by atoms with Crippen molar-refractivity contribution in [2.75, 3.05) is 0 Å². The van der Waals surface area contributed by atoms with Crippen molar-refractivity contribution in [1.29, 1.82) is 0 Å². The molecule has 5 rings (SSSR count). The van der Waals surface area contributed by atoms with Gasteiger partial charge in [0.2, 0.25) is 6.23 Å². The molecule has 3 aromatic rings. The third-order valence-corrected chi connectivity index (χ3v) is 5.64. The Kier molecular flexibility index (Phi) is 4.45. The summed E-state index contributed by atoms with van der Waals surface area (Å²) in [5.41, 5.74) is 3.21. The van der Waals surface area contributed by atoms with Gasteiger partial charge in [0, 0.05) is 22.6 Å². The predicted octanol–water partition coefficient (Wildman–Crippen LogP) is 6.51. The summed E-state index contributed by atoms with van der Waals surface area (Å²) in [6.07, 6.45) is 0.000761. The number of ether oxygens (including phenoxy) is 1. The molecule has 0 aromatic heterocycles. The largest absolute Gasteiger partial charge is 0.463 e. The third-order valence-electron chi connectivity index (χ3n) is 5.14. The molecule has 146 valence electrons. The highest BCUT2D eigenvalue weighted by Crippen LogP contribution is 2.50. The van der Waals surface area contributed by atoms with Gasteiger partial charge in [-0.3, -0.25) is 0 Å². The molecule has 0 bridgehead atoms. The van der Waals surface area contributed by atoms with Crippen molar-refractivity contribution < 1.29 is 13.5 Å². The lowest BCUT2D eigenvalue weighted by atomic mass is 9.96. The first-order valence-corrected chi connectivity index (χ1v) is 9.78. The van der Waals surface area contributed by atoms with Crippen molar-refractivity contribution in [2.24, 2.45) is 5.10 Å². The van der Waals surface area contributed by atoms with E-state index in [4.69, 9.17) is 33.0 Å². The summed E-state index contributed by atoms with van der Waals surface area (Å²) in [5, 5.41) is 7.52. The van der Waals surface area contributed by atoms with E-state index >= 15 is 0 Å². The van der Waals surface area contributed by atoms with Gasteiger partial charge in [-0.15, -0.1) is 0 Å². The van der Waals surface area contributed by atoms with Gasteiger partial charge >= 0.3 is 0 Å². The van der Waals surface area contributed by atoms with Gasteiger partial charge in [-0.25, -0.2) is 13.8 Å². The minimum atomic E-state index is -0.579. The van der Waals surface area contributed by atoms with Crippen molar-refractivity contribution >= 4 is 28.9 Å².